The van der Waals surface area contributed by atoms with Crippen molar-refractivity contribution in [3.63, 3.8) is 0 Å². The molecule has 106 valence electrons. The molecule has 2 nitrogen and oxygen atoms in total. The van der Waals surface area contributed by atoms with E-state index in [1.807, 2.05) is 0 Å². The quantitative estimate of drug-likeness (QED) is 0.839. The number of nitrogens with two attached hydrogens (primary N) is 1. The molecule has 2 heteroatoms. The molecule has 0 spiro atoms. The lowest BCUT2D eigenvalue weighted by molar-refractivity contribution is -0.0125. The first-order chi connectivity index (χ1) is 9.01. The molecular weight excluding hydrogens is 234 g/mol. The van der Waals surface area contributed by atoms with Crippen molar-refractivity contribution in [3.05, 3.63) is 29.8 Å². The molecular formula is C17H27NO. The van der Waals surface area contributed by atoms with Gasteiger partial charge in [-0.3, -0.25) is 0 Å². The zero-order chi connectivity index (χ0) is 13.9. The molecule has 1 aliphatic rings. The molecule has 0 bridgehead atoms. The van der Waals surface area contributed by atoms with Gasteiger partial charge >= 0.3 is 0 Å². The van der Waals surface area contributed by atoms with Crippen LogP contribution in [0.1, 0.15) is 58.4 Å². The zero-order valence-corrected chi connectivity index (χ0v) is 12.5. The van der Waals surface area contributed by atoms with Gasteiger partial charge < -0.3 is 10.5 Å². The molecule has 0 radical (unpaired) electrons. The van der Waals surface area contributed by atoms with Crippen LogP contribution in [-0.2, 0) is 5.41 Å². The van der Waals surface area contributed by atoms with Gasteiger partial charge in [-0.15, -0.1) is 0 Å². The largest absolute Gasteiger partial charge is 0.487 e. The summed E-state index contributed by atoms with van der Waals surface area (Å²) in [4.78, 5) is 0. The number of rotatable bonds is 6. The molecule has 0 saturated heterocycles. The second-order valence-electron chi connectivity index (χ2n) is 6.44. The average molecular weight is 261 g/mol. The van der Waals surface area contributed by atoms with E-state index < -0.39 is 0 Å². The van der Waals surface area contributed by atoms with Gasteiger partial charge in [-0.05, 0) is 61.8 Å². The lowest BCUT2D eigenvalue weighted by Gasteiger charge is -2.42. The second-order valence-corrected chi connectivity index (χ2v) is 6.44. The molecule has 0 heterocycles. The molecule has 0 atom stereocenters. The molecule has 0 aliphatic heterocycles. The van der Waals surface area contributed by atoms with Crippen LogP contribution >= 0.6 is 0 Å². The van der Waals surface area contributed by atoms with Gasteiger partial charge in [0.15, 0.2) is 0 Å². The molecule has 1 aromatic carbocycles. The van der Waals surface area contributed by atoms with E-state index in [-0.39, 0.29) is 11.0 Å². The van der Waals surface area contributed by atoms with Crippen molar-refractivity contribution >= 4 is 0 Å². The van der Waals surface area contributed by atoms with Crippen molar-refractivity contribution in [3.8, 4) is 5.75 Å². The number of ether oxygens (including phenoxy) is 1. The minimum Gasteiger partial charge on any atom is -0.487 e. The van der Waals surface area contributed by atoms with Crippen LogP contribution in [-0.4, -0.2) is 12.1 Å². The van der Waals surface area contributed by atoms with E-state index in [9.17, 15) is 0 Å². The Hall–Kier alpha value is -1.02. The van der Waals surface area contributed by atoms with Gasteiger partial charge in [0.1, 0.15) is 11.4 Å². The second kappa shape index (κ2) is 5.54. The first-order valence-electron chi connectivity index (χ1n) is 7.51. The lowest BCUT2D eigenvalue weighted by atomic mass is 9.77. The van der Waals surface area contributed by atoms with Gasteiger partial charge in [0, 0.05) is 0 Å². The van der Waals surface area contributed by atoms with E-state index >= 15 is 0 Å². The fourth-order valence-corrected chi connectivity index (χ4v) is 2.67. The van der Waals surface area contributed by atoms with Gasteiger partial charge in [0.25, 0.3) is 0 Å². The minimum atomic E-state index is 0.0243. The molecule has 0 unspecified atom stereocenters. The minimum absolute atomic E-state index is 0.0243. The van der Waals surface area contributed by atoms with E-state index in [0.717, 1.165) is 31.4 Å². The van der Waals surface area contributed by atoms with Crippen LogP contribution in [0.25, 0.3) is 0 Å². The van der Waals surface area contributed by atoms with E-state index in [0.29, 0.717) is 6.54 Å². The fourth-order valence-electron chi connectivity index (χ4n) is 2.67. The van der Waals surface area contributed by atoms with Gasteiger partial charge in [0.2, 0.25) is 0 Å². The van der Waals surface area contributed by atoms with E-state index in [1.54, 1.807) is 0 Å². The van der Waals surface area contributed by atoms with Crippen LogP contribution in [0.5, 0.6) is 5.75 Å². The van der Waals surface area contributed by atoms with Crippen molar-refractivity contribution < 1.29 is 4.74 Å². The van der Waals surface area contributed by atoms with E-state index in [1.165, 1.54) is 12.0 Å². The summed E-state index contributed by atoms with van der Waals surface area (Å²) in [5.41, 5.74) is 7.34. The molecule has 1 saturated carbocycles. The van der Waals surface area contributed by atoms with Gasteiger partial charge in [-0.1, -0.05) is 32.9 Å². The highest BCUT2D eigenvalue weighted by atomic mass is 16.5. The Labute approximate surface area is 117 Å². The average Bonchev–Trinajstić information content (AvgIpc) is 2.37. The maximum Gasteiger partial charge on any atom is 0.120 e. The molecule has 1 aromatic rings. The first kappa shape index (κ1) is 14.4. The van der Waals surface area contributed by atoms with Crippen molar-refractivity contribution in [1.29, 1.82) is 0 Å². The highest BCUT2D eigenvalue weighted by Gasteiger charge is 2.38. The topological polar surface area (TPSA) is 35.2 Å². The monoisotopic (exact) mass is 261 g/mol. The molecule has 1 fully saturated rings. The Balaban J connectivity index is 2.06. The van der Waals surface area contributed by atoms with E-state index in [2.05, 4.69) is 45.0 Å². The maximum absolute atomic E-state index is 6.20. The fraction of sp³-hybridized carbons (Fsp3) is 0.647. The summed E-state index contributed by atoms with van der Waals surface area (Å²) in [5, 5.41) is 0. The summed E-state index contributed by atoms with van der Waals surface area (Å²) < 4.78 is 6.20. The predicted octanol–water partition coefficient (Wildman–Crippen LogP) is 4.02. The summed E-state index contributed by atoms with van der Waals surface area (Å²) >= 11 is 0. The van der Waals surface area contributed by atoms with Crippen LogP contribution in [0.2, 0.25) is 0 Å². The highest BCUT2D eigenvalue weighted by Crippen LogP contribution is 2.39. The SMILES string of the molecule is CCC(C)(C)c1ccc(OC2(CCN)CCC2)cc1. The van der Waals surface area contributed by atoms with Gasteiger partial charge in [-0.25, -0.2) is 0 Å². The van der Waals surface area contributed by atoms with Crippen LogP contribution in [0.3, 0.4) is 0 Å². The third-order valence-corrected chi connectivity index (χ3v) is 4.72. The smallest absolute Gasteiger partial charge is 0.120 e. The Morgan fingerprint density at radius 2 is 1.84 bits per heavy atom. The van der Waals surface area contributed by atoms with Crippen molar-refractivity contribution in [2.24, 2.45) is 5.73 Å². The lowest BCUT2D eigenvalue weighted by Crippen LogP contribution is -2.44. The summed E-state index contributed by atoms with van der Waals surface area (Å²) in [6, 6.07) is 8.63. The van der Waals surface area contributed by atoms with Crippen molar-refractivity contribution in [1.82, 2.24) is 0 Å². The Bertz CT molecular complexity index is 404. The number of hydrogen-bond acceptors (Lipinski definition) is 2. The maximum atomic E-state index is 6.20. The molecule has 0 aromatic heterocycles. The normalized spacial score (nSPS) is 17.9. The molecule has 2 N–H and O–H groups in total. The molecule has 1 aliphatic carbocycles. The van der Waals surface area contributed by atoms with Crippen molar-refractivity contribution in [2.45, 2.75) is 63.9 Å². The molecule has 0 amide bonds. The summed E-state index contributed by atoms with van der Waals surface area (Å²) in [5.74, 6) is 0.990. The molecule has 19 heavy (non-hydrogen) atoms. The van der Waals surface area contributed by atoms with Crippen LogP contribution in [0.15, 0.2) is 24.3 Å². The summed E-state index contributed by atoms with van der Waals surface area (Å²) in [6.45, 7) is 7.51. The van der Waals surface area contributed by atoms with Crippen LogP contribution in [0.4, 0.5) is 0 Å². The standard InChI is InChI=1S/C17H27NO/c1-4-16(2,3)14-6-8-15(9-7-14)19-17(12-13-18)10-5-11-17/h6-9H,4-5,10-13,18H2,1-3H3. The van der Waals surface area contributed by atoms with Gasteiger partial charge in [0.05, 0.1) is 0 Å². The third kappa shape index (κ3) is 3.11. The third-order valence-electron chi connectivity index (χ3n) is 4.72. The first-order valence-corrected chi connectivity index (χ1v) is 7.51. The summed E-state index contributed by atoms with van der Waals surface area (Å²) in [7, 11) is 0. The summed E-state index contributed by atoms with van der Waals surface area (Å²) in [6.07, 6.45) is 5.67. The number of hydrogen-bond donors (Lipinski definition) is 1. The predicted molar refractivity (Wildman–Crippen MR) is 80.6 cm³/mol. The highest BCUT2D eigenvalue weighted by molar-refractivity contribution is 5.32. The Morgan fingerprint density at radius 1 is 1.21 bits per heavy atom. The Morgan fingerprint density at radius 3 is 2.26 bits per heavy atom. The molecule has 2 rings (SSSR count). The van der Waals surface area contributed by atoms with Crippen LogP contribution in [0, 0.1) is 0 Å². The van der Waals surface area contributed by atoms with E-state index in [4.69, 9.17) is 10.5 Å². The number of benzene rings is 1. The Kier molecular flexibility index (Phi) is 4.19. The van der Waals surface area contributed by atoms with Crippen LogP contribution < -0.4 is 10.5 Å². The zero-order valence-electron chi connectivity index (χ0n) is 12.5. The van der Waals surface area contributed by atoms with Gasteiger partial charge in [-0.2, -0.15) is 0 Å². The van der Waals surface area contributed by atoms with Crippen molar-refractivity contribution in [2.75, 3.05) is 6.54 Å².